The first-order valence-electron chi connectivity index (χ1n) is 6.42. The van der Waals surface area contributed by atoms with Gasteiger partial charge >= 0.3 is 0 Å². The number of hydrogen-bond acceptors (Lipinski definition) is 5. The molecule has 2 rings (SSSR count). The second-order valence-electron chi connectivity index (χ2n) is 4.82. The van der Waals surface area contributed by atoms with Crippen molar-refractivity contribution in [2.75, 3.05) is 13.7 Å². The van der Waals surface area contributed by atoms with E-state index in [0.717, 1.165) is 23.8 Å². The van der Waals surface area contributed by atoms with Gasteiger partial charge in [0.1, 0.15) is 5.01 Å². The van der Waals surface area contributed by atoms with Crippen molar-refractivity contribution in [3.8, 4) is 9.88 Å². The van der Waals surface area contributed by atoms with Crippen molar-refractivity contribution in [2.45, 2.75) is 27.0 Å². The molecule has 0 saturated carbocycles. The van der Waals surface area contributed by atoms with Crippen LogP contribution in [0.4, 0.5) is 0 Å². The first kappa shape index (κ1) is 14.7. The van der Waals surface area contributed by atoms with Gasteiger partial charge in [-0.25, -0.2) is 4.98 Å². The van der Waals surface area contributed by atoms with E-state index >= 15 is 0 Å². The lowest BCUT2D eigenvalue weighted by molar-refractivity contribution is 0.181. The quantitative estimate of drug-likeness (QED) is 0.844. The van der Waals surface area contributed by atoms with Crippen LogP contribution in [-0.4, -0.2) is 18.6 Å². The van der Waals surface area contributed by atoms with E-state index < -0.39 is 0 Å². The summed E-state index contributed by atoms with van der Waals surface area (Å²) in [5.74, 6) is 0.663. The monoisotopic (exact) mass is 296 g/mol. The van der Waals surface area contributed by atoms with Crippen molar-refractivity contribution in [3.05, 3.63) is 28.1 Å². The third-order valence-corrected chi connectivity index (χ3v) is 4.77. The summed E-state index contributed by atoms with van der Waals surface area (Å²) in [7, 11) is 1.72. The highest BCUT2D eigenvalue weighted by Crippen LogP contribution is 2.31. The summed E-state index contributed by atoms with van der Waals surface area (Å²) < 4.78 is 5.25. The zero-order valence-corrected chi connectivity index (χ0v) is 13.2. The van der Waals surface area contributed by atoms with Crippen LogP contribution in [0.25, 0.3) is 9.88 Å². The highest BCUT2D eigenvalue weighted by molar-refractivity contribution is 7.21. The van der Waals surface area contributed by atoms with Crippen LogP contribution in [0.15, 0.2) is 17.5 Å². The summed E-state index contributed by atoms with van der Waals surface area (Å²) >= 11 is 3.50. The third-order valence-electron chi connectivity index (χ3n) is 2.63. The second-order valence-corrected chi connectivity index (χ2v) is 6.86. The Morgan fingerprint density at radius 2 is 2.26 bits per heavy atom. The molecule has 0 aliphatic heterocycles. The predicted octanol–water partition coefficient (Wildman–Crippen LogP) is 3.76. The lowest BCUT2D eigenvalue weighted by Gasteiger charge is -2.06. The Bertz CT molecular complexity index is 492. The highest BCUT2D eigenvalue weighted by Gasteiger charge is 2.13. The van der Waals surface area contributed by atoms with Gasteiger partial charge in [-0.05, 0) is 23.9 Å². The van der Waals surface area contributed by atoms with Crippen LogP contribution in [-0.2, 0) is 17.9 Å². The summed E-state index contributed by atoms with van der Waals surface area (Å²) in [5, 5.41) is 6.66. The summed E-state index contributed by atoms with van der Waals surface area (Å²) in [6.45, 7) is 6.92. The molecule has 104 valence electrons. The van der Waals surface area contributed by atoms with Crippen LogP contribution in [0.2, 0.25) is 0 Å². The van der Waals surface area contributed by atoms with Gasteiger partial charge in [0.15, 0.2) is 0 Å². The average molecular weight is 296 g/mol. The lowest BCUT2D eigenvalue weighted by Crippen LogP contribution is -2.19. The molecule has 0 fully saturated rings. The molecule has 0 spiro atoms. The van der Waals surface area contributed by atoms with Crippen LogP contribution in [0.3, 0.4) is 0 Å². The summed E-state index contributed by atoms with van der Waals surface area (Å²) in [6.07, 6.45) is 0. The van der Waals surface area contributed by atoms with Gasteiger partial charge in [0.25, 0.3) is 0 Å². The number of thiazole rings is 1. The Kier molecular flexibility index (Phi) is 5.51. The number of hydrogen-bond donors (Lipinski definition) is 1. The van der Waals surface area contributed by atoms with Gasteiger partial charge in [-0.3, -0.25) is 0 Å². The lowest BCUT2D eigenvalue weighted by atomic mass is 10.2. The predicted molar refractivity (Wildman–Crippen MR) is 82.7 cm³/mol. The number of rotatable bonds is 7. The Morgan fingerprint density at radius 3 is 2.89 bits per heavy atom. The standard InChI is InChI=1S/C14H20N2OS2/c1-10(2)7-15-8-13-11(9-17-3)16-14(19-13)12-5-4-6-18-12/h4-6,10,15H,7-9H2,1-3H3. The smallest absolute Gasteiger partial charge is 0.134 e. The van der Waals surface area contributed by atoms with E-state index in [0.29, 0.717) is 12.5 Å². The summed E-state index contributed by atoms with van der Waals surface area (Å²) in [6, 6.07) is 4.18. The van der Waals surface area contributed by atoms with Gasteiger partial charge in [-0.1, -0.05) is 19.9 Å². The summed E-state index contributed by atoms with van der Waals surface area (Å²) in [4.78, 5) is 7.22. The minimum absolute atomic E-state index is 0.584. The SMILES string of the molecule is COCc1nc(-c2cccs2)sc1CNCC(C)C. The van der Waals surface area contributed by atoms with E-state index in [1.54, 1.807) is 29.8 Å². The Labute approximate surface area is 122 Å². The van der Waals surface area contributed by atoms with E-state index in [1.807, 2.05) is 0 Å². The van der Waals surface area contributed by atoms with Gasteiger partial charge < -0.3 is 10.1 Å². The number of nitrogens with one attached hydrogen (secondary N) is 1. The van der Waals surface area contributed by atoms with Crippen molar-refractivity contribution in [1.82, 2.24) is 10.3 Å². The van der Waals surface area contributed by atoms with Crippen molar-refractivity contribution in [2.24, 2.45) is 5.92 Å². The van der Waals surface area contributed by atoms with E-state index in [2.05, 4.69) is 36.7 Å². The first-order valence-corrected chi connectivity index (χ1v) is 8.12. The van der Waals surface area contributed by atoms with E-state index in [9.17, 15) is 0 Å². The maximum Gasteiger partial charge on any atom is 0.134 e. The number of aromatic nitrogens is 1. The van der Waals surface area contributed by atoms with Crippen LogP contribution in [0.5, 0.6) is 0 Å². The number of methoxy groups -OCH3 is 1. The largest absolute Gasteiger partial charge is 0.378 e. The number of ether oxygens (including phenoxy) is 1. The average Bonchev–Trinajstić information content (AvgIpc) is 2.98. The Morgan fingerprint density at radius 1 is 1.42 bits per heavy atom. The minimum atomic E-state index is 0.584. The topological polar surface area (TPSA) is 34.1 Å². The van der Waals surface area contributed by atoms with Crippen LogP contribution >= 0.6 is 22.7 Å². The van der Waals surface area contributed by atoms with E-state index in [-0.39, 0.29) is 0 Å². The fourth-order valence-electron chi connectivity index (χ4n) is 1.75. The molecule has 0 unspecified atom stereocenters. The molecule has 0 aromatic carbocycles. The highest BCUT2D eigenvalue weighted by atomic mass is 32.1. The molecule has 0 saturated heterocycles. The molecule has 0 aliphatic rings. The molecule has 0 aliphatic carbocycles. The molecular weight excluding hydrogens is 276 g/mol. The zero-order chi connectivity index (χ0) is 13.7. The van der Waals surface area contributed by atoms with Crippen LogP contribution < -0.4 is 5.32 Å². The molecule has 1 N–H and O–H groups in total. The second kappa shape index (κ2) is 7.14. The molecule has 0 radical (unpaired) electrons. The summed E-state index contributed by atoms with van der Waals surface area (Å²) in [5.41, 5.74) is 1.06. The number of nitrogens with zero attached hydrogens (tertiary/aromatic N) is 1. The van der Waals surface area contributed by atoms with E-state index in [4.69, 9.17) is 9.72 Å². The molecule has 2 aromatic heterocycles. The van der Waals surface area contributed by atoms with Crippen molar-refractivity contribution >= 4 is 22.7 Å². The van der Waals surface area contributed by atoms with Gasteiger partial charge in [0.05, 0.1) is 17.2 Å². The van der Waals surface area contributed by atoms with Crippen molar-refractivity contribution in [1.29, 1.82) is 0 Å². The van der Waals surface area contributed by atoms with Crippen LogP contribution in [0.1, 0.15) is 24.4 Å². The molecule has 3 nitrogen and oxygen atoms in total. The van der Waals surface area contributed by atoms with Crippen LogP contribution in [0, 0.1) is 5.92 Å². The molecule has 19 heavy (non-hydrogen) atoms. The maximum absolute atomic E-state index is 5.25. The Balaban J connectivity index is 2.11. The zero-order valence-electron chi connectivity index (χ0n) is 11.6. The van der Waals surface area contributed by atoms with E-state index in [1.165, 1.54) is 9.75 Å². The molecular formula is C14H20N2OS2. The maximum atomic E-state index is 5.25. The Hall–Kier alpha value is -0.750. The third kappa shape index (κ3) is 4.11. The molecule has 0 bridgehead atoms. The molecule has 2 aromatic rings. The molecule has 2 heterocycles. The normalized spacial score (nSPS) is 11.4. The fraction of sp³-hybridized carbons (Fsp3) is 0.500. The fourth-order valence-corrected chi connectivity index (χ4v) is 3.58. The minimum Gasteiger partial charge on any atom is -0.378 e. The van der Waals surface area contributed by atoms with Crippen molar-refractivity contribution < 1.29 is 4.74 Å². The van der Waals surface area contributed by atoms with Gasteiger partial charge in [0, 0.05) is 18.5 Å². The van der Waals surface area contributed by atoms with Gasteiger partial charge in [-0.2, -0.15) is 0 Å². The molecule has 0 atom stereocenters. The molecule has 5 heteroatoms. The first-order chi connectivity index (χ1) is 9.20. The van der Waals surface area contributed by atoms with Gasteiger partial charge in [-0.15, -0.1) is 22.7 Å². The van der Waals surface area contributed by atoms with Gasteiger partial charge in [0.2, 0.25) is 0 Å². The van der Waals surface area contributed by atoms with Crippen molar-refractivity contribution in [3.63, 3.8) is 0 Å². The molecule has 0 amide bonds. The number of thiophene rings is 1.